The van der Waals surface area contributed by atoms with Gasteiger partial charge in [-0.15, -0.1) is 0 Å². The van der Waals surface area contributed by atoms with Gasteiger partial charge < -0.3 is 10.6 Å². The number of carbonyl (C=O) groups is 1. The lowest BCUT2D eigenvalue weighted by atomic mass is 10.7. The molecule has 0 spiro atoms. The summed E-state index contributed by atoms with van der Waals surface area (Å²) in [5, 5.41) is 5.19. The fraction of sp³-hybridized carbons (Fsp3) is 0.800. The van der Waals surface area contributed by atoms with E-state index in [1.807, 2.05) is 13.8 Å². The Balaban J connectivity index is -0.000000245. The summed E-state index contributed by atoms with van der Waals surface area (Å²) in [5.74, 6) is 0. The highest BCUT2D eigenvalue weighted by molar-refractivity contribution is 5.73. The van der Waals surface area contributed by atoms with E-state index in [9.17, 15) is 4.79 Å². The van der Waals surface area contributed by atoms with Crippen LogP contribution in [0.2, 0.25) is 0 Å². The first kappa shape index (κ1) is 7.27. The fourth-order valence-electron chi connectivity index (χ4n) is 0.384. The van der Waals surface area contributed by atoms with Gasteiger partial charge in [-0.2, -0.15) is 0 Å². The highest BCUT2D eigenvalue weighted by atomic mass is 16.2. The normalized spacial score (nSPS) is 8.25. The molecule has 0 aliphatic rings. The van der Waals surface area contributed by atoms with Crippen LogP contribution in [0, 0.1) is 0 Å². The molecule has 0 aromatic carbocycles. The van der Waals surface area contributed by atoms with Crippen molar-refractivity contribution in [1.29, 1.82) is 0 Å². The van der Waals surface area contributed by atoms with E-state index in [4.69, 9.17) is 0 Å². The van der Waals surface area contributed by atoms with Gasteiger partial charge in [0.25, 0.3) is 0 Å². The van der Waals surface area contributed by atoms with Gasteiger partial charge in [-0.3, -0.25) is 0 Å². The summed E-state index contributed by atoms with van der Waals surface area (Å²) in [6.45, 7) is 5.14. The van der Waals surface area contributed by atoms with Crippen molar-refractivity contribution in [2.45, 2.75) is 13.8 Å². The lowest BCUT2D eigenvalue weighted by Gasteiger charge is -1.99. The first-order valence-electron chi connectivity index (χ1n) is 2.83. The molecule has 3 heteroatoms. The molecule has 8 heavy (non-hydrogen) atoms. The summed E-state index contributed by atoms with van der Waals surface area (Å²) in [5.41, 5.74) is 0. The minimum atomic E-state index is -0.0880. The number of hydrogen-bond acceptors (Lipinski definition) is 1. The Bertz CT molecular complexity index is 72.0. The van der Waals surface area contributed by atoms with Crippen LogP contribution >= 0.6 is 0 Å². The molecule has 0 unspecified atom stereocenters. The SMILES string of the molecule is CCNC(=O)NCC.[HH].[HH]. The van der Waals surface area contributed by atoms with Gasteiger partial charge >= 0.3 is 6.03 Å². The maximum Gasteiger partial charge on any atom is 0.314 e. The zero-order valence-electron chi connectivity index (χ0n) is 5.32. The van der Waals surface area contributed by atoms with Crippen LogP contribution in [-0.4, -0.2) is 19.1 Å². The van der Waals surface area contributed by atoms with Gasteiger partial charge in [0.15, 0.2) is 0 Å². The van der Waals surface area contributed by atoms with Crippen LogP contribution in [0.4, 0.5) is 4.79 Å². The van der Waals surface area contributed by atoms with Gasteiger partial charge in [0.2, 0.25) is 0 Å². The standard InChI is InChI=1S/C5H12N2O.2H2/c1-3-6-5(8)7-4-2;;/h3-4H2,1-2H3,(H2,6,7,8);2*1H. The van der Waals surface area contributed by atoms with Crippen LogP contribution in [0.15, 0.2) is 0 Å². The lowest BCUT2D eigenvalue weighted by molar-refractivity contribution is 0.242. The van der Waals surface area contributed by atoms with E-state index in [0.29, 0.717) is 13.1 Å². The second kappa shape index (κ2) is 4.43. The Labute approximate surface area is 52.4 Å². The molecule has 52 valence electrons. The van der Waals surface area contributed by atoms with Crippen molar-refractivity contribution in [3.63, 3.8) is 0 Å². The summed E-state index contributed by atoms with van der Waals surface area (Å²) in [6.07, 6.45) is 0. The van der Waals surface area contributed by atoms with Crippen molar-refractivity contribution in [1.82, 2.24) is 10.6 Å². The van der Waals surface area contributed by atoms with Crippen molar-refractivity contribution in [2.24, 2.45) is 0 Å². The Kier molecular flexibility index (Phi) is 4.03. The number of urea groups is 1. The van der Waals surface area contributed by atoms with Crippen molar-refractivity contribution >= 4 is 6.03 Å². The molecule has 3 nitrogen and oxygen atoms in total. The van der Waals surface area contributed by atoms with Crippen molar-refractivity contribution < 1.29 is 7.65 Å². The van der Waals surface area contributed by atoms with Gasteiger partial charge in [-0.1, -0.05) is 0 Å². The van der Waals surface area contributed by atoms with Crippen LogP contribution in [0.5, 0.6) is 0 Å². The van der Waals surface area contributed by atoms with E-state index in [1.165, 1.54) is 0 Å². The van der Waals surface area contributed by atoms with Crippen LogP contribution in [0.3, 0.4) is 0 Å². The predicted molar refractivity (Wildman–Crippen MR) is 37.0 cm³/mol. The molecule has 0 saturated heterocycles. The predicted octanol–water partition coefficient (Wildman–Crippen LogP) is 0.817. The molecule has 0 aromatic rings. The molecule has 0 aromatic heterocycles. The number of nitrogens with one attached hydrogen (secondary N) is 2. The third-order valence-corrected chi connectivity index (χ3v) is 0.675. The van der Waals surface area contributed by atoms with Crippen molar-refractivity contribution in [3.05, 3.63) is 0 Å². The molecule has 2 amide bonds. The summed E-state index contributed by atoms with van der Waals surface area (Å²) in [7, 11) is 0. The topological polar surface area (TPSA) is 41.1 Å². The second-order valence-corrected chi connectivity index (χ2v) is 1.39. The zero-order valence-corrected chi connectivity index (χ0v) is 5.32. The Morgan fingerprint density at radius 3 is 2.00 bits per heavy atom. The Morgan fingerprint density at radius 1 is 1.38 bits per heavy atom. The fourth-order valence-corrected chi connectivity index (χ4v) is 0.384. The molecule has 0 fully saturated rings. The van der Waals surface area contributed by atoms with Crippen molar-refractivity contribution in [3.8, 4) is 0 Å². The molecule has 0 saturated carbocycles. The van der Waals surface area contributed by atoms with Gasteiger partial charge in [-0.25, -0.2) is 4.79 Å². The summed E-state index contributed by atoms with van der Waals surface area (Å²) in [4.78, 5) is 10.4. The molecule has 0 aliphatic heterocycles. The minimum absolute atomic E-state index is 0. The van der Waals surface area contributed by atoms with Crippen LogP contribution < -0.4 is 10.6 Å². The number of carbonyl (C=O) groups excluding carboxylic acids is 1. The maximum absolute atomic E-state index is 10.4. The van der Waals surface area contributed by atoms with E-state index in [2.05, 4.69) is 10.6 Å². The first-order chi connectivity index (χ1) is 3.81. The summed E-state index contributed by atoms with van der Waals surface area (Å²) >= 11 is 0. The number of hydrogen-bond donors (Lipinski definition) is 2. The molecular formula is C5H16N2O. The highest BCUT2D eigenvalue weighted by Crippen LogP contribution is 1.60. The van der Waals surface area contributed by atoms with E-state index in [0.717, 1.165) is 0 Å². The number of rotatable bonds is 2. The third-order valence-electron chi connectivity index (χ3n) is 0.675. The molecule has 2 N–H and O–H groups in total. The smallest absolute Gasteiger partial charge is 0.314 e. The van der Waals surface area contributed by atoms with Gasteiger partial charge in [-0.05, 0) is 13.8 Å². The molecule has 0 radical (unpaired) electrons. The quantitative estimate of drug-likeness (QED) is 0.556. The number of amides is 2. The van der Waals surface area contributed by atoms with Gasteiger partial charge in [0.1, 0.15) is 0 Å². The van der Waals surface area contributed by atoms with E-state index in [-0.39, 0.29) is 8.88 Å². The third kappa shape index (κ3) is 3.46. The zero-order chi connectivity index (χ0) is 6.41. The average molecular weight is 120 g/mol. The second-order valence-electron chi connectivity index (χ2n) is 1.39. The van der Waals surface area contributed by atoms with E-state index >= 15 is 0 Å². The minimum Gasteiger partial charge on any atom is -0.338 e. The monoisotopic (exact) mass is 120 g/mol. The van der Waals surface area contributed by atoms with Crippen LogP contribution in [-0.2, 0) is 0 Å². The highest BCUT2D eigenvalue weighted by Gasteiger charge is 1.89. The van der Waals surface area contributed by atoms with Gasteiger partial charge in [0.05, 0.1) is 0 Å². The summed E-state index contributed by atoms with van der Waals surface area (Å²) < 4.78 is 0. The van der Waals surface area contributed by atoms with E-state index < -0.39 is 0 Å². The molecule has 0 aliphatic carbocycles. The first-order valence-corrected chi connectivity index (χ1v) is 2.83. The van der Waals surface area contributed by atoms with Crippen LogP contribution in [0.1, 0.15) is 16.7 Å². The molecule has 0 rings (SSSR count). The molecule has 0 heterocycles. The maximum atomic E-state index is 10.4. The lowest BCUT2D eigenvalue weighted by Crippen LogP contribution is -2.34. The average Bonchev–Trinajstić information content (AvgIpc) is 1.68. The Morgan fingerprint density at radius 2 is 1.75 bits per heavy atom. The van der Waals surface area contributed by atoms with Crippen molar-refractivity contribution in [2.75, 3.05) is 13.1 Å². The molecular weight excluding hydrogens is 104 g/mol. The Hall–Kier alpha value is -0.730. The van der Waals surface area contributed by atoms with E-state index in [1.54, 1.807) is 0 Å². The van der Waals surface area contributed by atoms with Crippen LogP contribution in [0.25, 0.3) is 0 Å². The molecule has 0 atom stereocenters. The van der Waals surface area contributed by atoms with Gasteiger partial charge in [0, 0.05) is 15.9 Å². The summed E-state index contributed by atoms with van der Waals surface area (Å²) in [6, 6.07) is -0.0880. The largest absolute Gasteiger partial charge is 0.338 e. The molecule has 0 bridgehead atoms.